The van der Waals surface area contributed by atoms with Crippen LogP contribution in [0.15, 0.2) is 113 Å². The lowest BCUT2D eigenvalue weighted by molar-refractivity contribution is 0.394. The highest BCUT2D eigenvalue weighted by atomic mass is 35.5. The van der Waals surface area contributed by atoms with Gasteiger partial charge < -0.3 is 15.9 Å². The van der Waals surface area contributed by atoms with Crippen molar-refractivity contribution in [3.63, 3.8) is 0 Å². The summed E-state index contributed by atoms with van der Waals surface area (Å²) in [5.41, 5.74) is 9.13. The lowest BCUT2D eigenvalue weighted by Gasteiger charge is -2.24. The Balaban J connectivity index is 1.44. The third kappa shape index (κ3) is 8.02. The van der Waals surface area contributed by atoms with E-state index in [1.807, 2.05) is 54.6 Å². The number of nitrogens with one attached hydrogen (secondary N) is 1. The van der Waals surface area contributed by atoms with Crippen LogP contribution in [-0.2, 0) is 39.7 Å². The van der Waals surface area contributed by atoms with E-state index in [4.69, 9.17) is 40.5 Å². The number of nitrogens with zero attached hydrogens (tertiary/aromatic N) is 1. The second-order valence-electron chi connectivity index (χ2n) is 10.6. The van der Waals surface area contributed by atoms with Gasteiger partial charge in [-0.25, -0.2) is 21.6 Å². The van der Waals surface area contributed by atoms with E-state index in [0.717, 1.165) is 23.3 Å². The van der Waals surface area contributed by atoms with Crippen molar-refractivity contribution < 1.29 is 27.0 Å². The molecular weight excluding hydrogens is 705 g/mol. The summed E-state index contributed by atoms with van der Waals surface area (Å²) in [5, 5.41) is 20.7. The number of rotatable bonds is 11. The van der Waals surface area contributed by atoms with E-state index in [1.54, 1.807) is 24.3 Å². The largest absolute Gasteiger partial charge is 0.505 e. The molecule has 5 rings (SSSR count). The van der Waals surface area contributed by atoms with Gasteiger partial charge in [0, 0.05) is 29.7 Å². The smallest absolute Gasteiger partial charge is 0.247 e. The molecule has 0 fully saturated rings. The molecule has 0 aliphatic heterocycles. The van der Waals surface area contributed by atoms with Gasteiger partial charge in [-0.05, 0) is 52.1 Å². The zero-order valence-electron chi connectivity index (χ0n) is 24.4. The molecule has 5 aromatic rings. The highest BCUT2D eigenvalue weighted by Crippen LogP contribution is 2.37. The quantitative estimate of drug-likeness (QED) is 0.0830. The number of nitrogen functional groups attached to an aromatic ring is 1. The second kappa shape index (κ2) is 14.1. The molecule has 0 spiro atoms. The van der Waals surface area contributed by atoms with E-state index in [2.05, 4.69) is 4.72 Å². The molecule has 0 atom stereocenters. The zero-order chi connectivity index (χ0) is 33.9. The normalized spacial score (nSPS) is 12.0. The number of nitrogens with two attached hydrogens (primary N) is 1. The van der Waals surface area contributed by atoms with Crippen molar-refractivity contribution in [1.82, 2.24) is 9.03 Å². The summed E-state index contributed by atoms with van der Waals surface area (Å²) in [6.45, 7) is -0.424. The van der Waals surface area contributed by atoms with E-state index in [9.17, 15) is 27.0 Å². The minimum absolute atomic E-state index is 0.0281. The van der Waals surface area contributed by atoms with Gasteiger partial charge in [-0.15, -0.1) is 0 Å². The van der Waals surface area contributed by atoms with Gasteiger partial charge in [-0.2, -0.15) is 4.31 Å². The first-order chi connectivity index (χ1) is 22.2. The zero-order valence-corrected chi connectivity index (χ0v) is 28.3. The Morgan fingerprint density at radius 2 is 1.23 bits per heavy atom. The van der Waals surface area contributed by atoms with E-state index < -0.39 is 41.3 Å². The van der Waals surface area contributed by atoms with Gasteiger partial charge in [-0.1, -0.05) is 114 Å². The molecule has 5 N–H and O–H groups in total. The lowest BCUT2D eigenvalue weighted by atomic mass is 10.0. The molecule has 0 saturated heterocycles. The Morgan fingerprint density at radius 3 is 1.94 bits per heavy atom. The molecule has 5 aromatic carbocycles. The van der Waals surface area contributed by atoms with Crippen LogP contribution >= 0.6 is 34.8 Å². The topological polar surface area (TPSA) is 150 Å². The molecule has 0 aliphatic rings. The highest BCUT2D eigenvalue weighted by Gasteiger charge is 2.30. The van der Waals surface area contributed by atoms with E-state index in [0.29, 0.717) is 16.7 Å². The first-order valence-corrected chi connectivity index (χ1v) is 18.0. The van der Waals surface area contributed by atoms with Gasteiger partial charge in [0.25, 0.3) is 0 Å². The van der Waals surface area contributed by atoms with E-state index >= 15 is 0 Å². The van der Waals surface area contributed by atoms with Crippen LogP contribution in [0.3, 0.4) is 0 Å². The third-order valence-corrected chi connectivity index (χ3v) is 11.2. The summed E-state index contributed by atoms with van der Waals surface area (Å²) in [5.74, 6) is -1.26. The van der Waals surface area contributed by atoms with Crippen molar-refractivity contribution in [2.24, 2.45) is 0 Å². The van der Waals surface area contributed by atoms with Crippen LogP contribution in [0.4, 0.5) is 5.69 Å². The lowest BCUT2D eigenvalue weighted by Crippen LogP contribution is -2.30. The fourth-order valence-corrected chi connectivity index (χ4v) is 8.46. The van der Waals surface area contributed by atoms with Crippen molar-refractivity contribution in [3.05, 3.63) is 135 Å². The fourth-order valence-electron chi connectivity index (χ4n) is 4.84. The van der Waals surface area contributed by atoms with Gasteiger partial charge in [0.2, 0.25) is 20.0 Å². The third-order valence-electron chi connectivity index (χ3n) is 7.21. The van der Waals surface area contributed by atoms with E-state index in [1.165, 1.54) is 16.4 Å². The molecule has 0 unspecified atom stereocenters. The van der Waals surface area contributed by atoms with E-state index in [-0.39, 0.29) is 40.4 Å². The molecule has 0 saturated carbocycles. The van der Waals surface area contributed by atoms with Gasteiger partial charge in [-0.3, -0.25) is 0 Å². The predicted molar refractivity (Wildman–Crippen MR) is 184 cm³/mol. The molecule has 0 amide bonds. The van der Waals surface area contributed by atoms with Crippen molar-refractivity contribution in [3.8, 4) is 22.6 Å². The molecule has 9 nitrogen and oxygen atoms in total. The average Bonchev–Trinajstić information content (AvgIpc) is 3.04. The summed E-state index contributed by atoms with van der Waals surface area (Å²) >= 11 is 18.2. The Hall–Kier alpha value is -3.81. The summed E-state index contributed by atoms with van der Waals surface area (Å²) in [6.07, 6.45) is 0. The number of anilines is 1. The maximum Gasteiger partial charge on any atom is 0.247 e. The maximum atomic E-state index is 14.1. The van der Waals surface area contributed by atoms with Gasteiger partial charge in [0.15, 0.2) is 11.5 Å². The number of hydrogen-bond acceptors (Lipinski definition) is 7. The monoisotopic (exact) mass is 731 g/mol. The van der Waals surface area contributed by atoms with Crippen LogP contribution in [0.5, 0.6) is 11.5 Å². The summed E-state index contributed by atoms with van der Waals surface area (Å²) in [7, 11) is -8.61. The van der Waals surface area contributed by atoms with Crippen LogP contribution in [-0.4, -0.2) is 31.4 Å². The number of phenolic OH excluding ortho intramolecular Hbond substituents is 2. The standard InChI is InChI=1S/C33H28Cl3N3O6S2/c34-26-14-28(36)32(40)31(17-26)47(44,45)39(19-21-9-11-25(12-10-21)24-7-2-1-3-8-24)20-23-6-4-5-22(13-23)18-38-46(42,43)30-16-27(35)15-29(37)33(30)41/h1-17,38,40-41H,18-20,37H2. The summed E-state index contributed by atoms with van der Waals surface area (Å²) in [4.78, 5) is -0.936. The maximum absolute atomic E-state index is 14.1. The molecule has 14 heteroatoms. The summed E-state index contributed by atoms with van der Waals surface area (Å²) < 4.78 is 57.6. The molecule has 0 aliphatic carbocycles. The van der Waals surface area contributed by atoms with Gasteiger partial charge in [0.05, 0.1) is 10.7 Å². The number of aromatic hydroxyl groups is 2. The Morgan fingerprint density at radius 1 is 0.638 bits per heavy atom. The van der Waals surface area contributed by atoms with Gasteiger partial charge in [0.1, 0.15) is 9.79 Å². The minimum Gasteiger partial charge on any atom is -0.505 e. The fraction of sp³-hybridized carbons (Fsp3) is 0.0909. The van der Waals surface area contributed by atoms with Crippen LogP contribution in [0.1, 0.15) is 16.7 Å². The van der Waals surface area contributed by atoms with Gasteiger partial charge >= 0.3 is 0 Å². The number of sulfonamides is 2. The molecule has 47 heavy (non-hydrogen) atoms. The average molecular weight is 733 g/mol. The molecule has 0 bridgehead atoms. The Bertz CT molecular complexity index is 2150. The SMILES string of the molecule is Nc1cc(Cl)cc(S(=O)(=O)NCc2cccc(CN(Cc3ccc(-c4ccccc4)cc3)S(=O)(=O)c3cc(Cl)cc(Cl)c3O)c2)c1O. The van der Waals surface area contributed by atoms with Crippen LogP contribution in [0, 0.1) is 0 Å². The Labute approximate surface area is 287 Å². The molecular formula is C33H28Cl3N3O6S2. The minimum atomic E-state index is -4.38. The van der Waals surface area contributed by atoms with Crippen molar-refractivity contribution in [1.29, 1.82) is 0 Å². The van der Waals surface area contributed by atoms with Crippen molar-refractivity contribution in [2.75, 3.05) is 5.73 Å². The Kier molecular flexibility index (Phi) is 10.4. The second-order valence-corrected chi connectivity index (χ2v) is 15.5. The highest BCUT2D eigenvalue weighted by molar-refractivity contribution is 7.89. The van der Waals surface area contributed by atoms with Crippen LogP contribution < -0.4 is 10.5 Å². The van der Waals surface area contributed by atoms with Crippen LogP contribution in [0.25, 0.3) is 11.1 Å². The van der Waals surface area contributed by atoms with Crippen molar-refractivity contribution >= 4 is 60.5 Å². The molecule has 244 valence electrons. The number of phenols is 2. The number of benzene rings is 5. The molecule has 0 heterocycles. The van der Waals surface area contributed by atoms with Crippen LogP contribution in [0.2, 0.25) is 15.1 Å². The number of halogens is 3. The first kappa shape index (κ1) is 34.5. The van der Waals surface area contributed by atoms with Crippen molar-refractivity contribution in [2.45, 2.75) is 29.4 Å². The number of hydrogen-bond donors (Lipinski definition) is 4. The molecule has 0 radical (unpaired) electrons. The summed E-state index contributed by atoms with van der Waals surface area (Å²) in [6, 6.07) is 28.5. The predicted octanol–water partition coefficient (Wildman–Crippen LogP) is 7.18. The first-order valence-electron chi connectivity index (χ1n) is 13.9. The molecule has 0 aromatic heterocycles.